The fourth-order valence-electron chi connectivity index (χ4n) is 2.27. The molecule has 2 N–H and O–H groups in total. The van der Waals surface area contributed by atoms with E-state index >= 15 is 0 Å². The van der Waals surface area contributed by atoms with Gasteiger partial charge in [-0.1, -0.05) is 12.1 Å². The Morgan fingerprint density at radius 2 is 1.91 bits per heavy atom. The summed E-state index contributed by atoms with van der Waals surface area (Å²) in [5, 5.41) is 19.4. The van der Waals surface area contributed by atoms with E-state index in [0.29, 0.717) is 5.56 Å². The van der Waals surface area contributed by atoms with Crippen molar-refractivity contribution >= 4 is 5.97 Å². The molecule has 0 saturated heterocycles. The van der Waals surface area contributed by atoms with E-state index in [4.69, 9.17) is 4.42 Å². The first-order chi connectivity index (χ1) is 10.4. The topological polar surface area (TPSA) is 97.0 Å². The average Bonchev–Trinajstić information content (AvgIpc) is 2.46. The maximum Gasteiger partial charge on any atom is 0.343 e. The first-order valence-corrected chi connectivity index (χ1v) is 6.61. The number of aryl methyl sites for hydroxylation is 1. The van der Waals surface area contributed by atoms with Crippen LogP contribution in [-0.2, 0) is 9.53 Å². The Morgan fingerprint density at radius 1 is 1.27 bits per heavy atom. The van der Waals surface area contributed by atoms with Gasteiger partial charge in [0.05, 0.1) is 19.1 Å². The zero-order valence-electron chi connectivity index (χ0n) is 12.2. The molecule has 0 aliphatic carbocycles. The number of phenols is 1. The summed E-state index contributed by atoms with van der Waals surface area (Å²) in [6, 6.07) is 7.34. The maximum atomic E-state index is 12.1. The van der Waals surface area contributed by atoms with Crippen LogP contribution in [0.5, 0.6) is 11.5 Å². The first kappa shape index (κ1) is 15.6. The second kappa shape index (κ2) is 6.34. The van der Waals surface area contributed by atoms with Gasteiger partial charge in [-0.2, -0.15) is 0 Å². The van der Waals surface area contributed by atoms with Crippen LogP contribution < -0.4 is 5.63 Å². The summed E-state index contributed by atoms with van der Waals surface area (Å²) in [6.45, 7) is 1.54. The smallest absolute Gasteiger partial charge is 0.343 e. The number of aromatic hydroxyl groups is 2. The Kier molecular flexibility index (Phi) is 4.50. The molecule has 0 radical (unpaired) electrons. The third-order valence-electron chi connectivity index (χ3n) is 3.33. The van der Waals surface area contributed by atoms with Crippen LogP contribution in [0.1, 0.15) is 29.2 Å². The SMILES string of the molecule is COC(=O)C[C@@H](c1ccc(O)cc1)c1c(O)cc(C)oc1=O. The van der Waals surface area contributed by atoms with Gasteiger partial charge in [-0.3, -0.25) is 4.79 Å². The van der Waals surface area contributed by atoms with Crippen molar-refractivity contribution in [1.29, 1.82) is 0 Å². The fraction of sp³-hybridized carbons (Fsp3) is 0.250. The Morgan fingerprint density at radius 3 is 2.45 bits per heavy atom. The molecule has 1 aromatic heterocycles. The minimum Gasteiger partial charge on any atom is -0.508 e. The van der Waals surface area contributed by atoms with Gasteiger partial charge >= 0.3 is 11.6 Å². The standard InChI is InChI=1S/C16H16O6/c1-9-7-13(18)15(16(20)22-9)12(8-14(19)21-2)10-3-5-11(17)6-4-10/h3-7,12,17-18H,8H2,1-2H3/t12-/m0/s1. The summed E-state index contributed by atoms with van der Waals surface area (Å²) in [4.78, 5) is 23.7. The summed E-state index contributed by atoms with van der Waals surface area (Å²) in [6.07, 6.45) is -0.136. The number of hydrogen-bond acceptors (Lipinski definition) is 6. The molecular weight excluding hydrogens is 288 g/mol. The molecule has 2 aromatic rings. The van der Waals surface area contributed by atoms with Crippen molar-refractivity contribution in [3.63, 3.8) is 0 Å². The van der Waals surface area contributed by atoms with Crippen molar-refractivity contribution < 1.29 is 24.2 Å². The molecule has 1 atom stereocenters. The highest BCUT2D eigenvalue weighted by molar-refractivity contribution is 5.71. The summed E-state index contributed by atoms with van der Waals surface area (Å²) in [5.41, 5.74) is -0.143. The highest BCUT2D eigenvalue weighted by Crippen LogP contribution is 2.33. The molecule has 0 fully saturated rings. The number of benzene rings is 1. The molecule has 1 heterocycles. The van der Waals surface area contributed by atoms with Crippen LogP contribution in [0.4, 0.5) is 0 Å². The third-order valence-corrected chi connectivity index (χ3v) is 3.33. The minimum absolute atomic E-state index is 0.0123. The zero-order chi connectivity index (χ0) is 16.3. The summed E-state index contributed by atoms with van der Waals surface area (Å²) in [5.74, 6) is -1.17. The van der Waals surface area contributed by atoms with Crippen LogP contribution in [-0.4, -0.2) is 23.3 Å². The molecule has 0 unspecified atom stereocenters. The minimum atomic E-state index is -0.732. The van der Waals surface area contributed by atoms with E-state index in [2.05, 4.69) is 4.74 Å². The zero-order valence-corrected chi connectivity index (χ0v) is 12.2. The molecule has 0 spiro atoms. The lowest BCUT2D eigenvalue weighted by Crippen LogP contribution is -2.18. The Hall–Kier alpha value is -2.76. The predicted molar refractivity (Wildman–Crippen MR) is 78.0 cm³/mol. The maximum absolute atomic E-state index is 12.1. The molecular formula is C16H16O6. The van der Waals surface area contributed by atoms with Crippen molar-refractivity contribution in [2.24, 2.45) is 0 Å². The largest absolute Gasteiger partial charge is 0.508 e. The van der Waals surface area contributed by atoms with Gasteiger partial charge in [0.2, 0.25) is 0 Å². The van der Waals surface area contributed by atoms with E-state index < -0.39 is 17.5 Å². The predicted octanol–water partition coefficient (Wildman–Crippen LogP) is 2.05. The number of phenolic OH excluding ortho intramolecular Hbond substituents is 1. The van der Waals surface area contributed by atoms with Gasteiger partial charge in [0, 0.05) is 12.0 Å². The lowest BCUT2D eigenvalue weighted by atomic mass is 9.89. The monoisotopic (exact) mass is 304 g/mol. The number of carbonyl (C=O) groups excluding carboxylic acids is 1. The van der Waals surface area contributed by atoms with E-state index in [0.717, 1.165) is 0 Å². The van der Waals surface area contributed by atoms with Crippen LogP contribution in [0.2, 0.25) is 0 Å². The van der Waals surface area contributed by atoms with E-state index in [-0.39, 0.29) is 29.2 Å². The van der Waals surface area contributed by atoms with Gasteiger partial charge in [0.25, 0.3) is 0 Å². The van der Waals surface area contributed by atoms with Gasteiger partial charge < -0.3 is 19.4 Å². The molecule has 6 heteroatoms. The molecule has 2 rings (SSSR count). The highest BCUT2D eigenvalue weighted by Gasteiger charge is 2.26. The van der Waals surface area contributed by atoms with Crippen LogP contribution in [0.15, 0.2) is 39.5 Å². The van der Waals surface area contributed by atoms with Gasteiger partial charge in [0.1, 0.15) is 17.3 Å². The second-order valence-electron chi connectivity index (χ2n) is 4.87. The van der Waals surface area contributed by atoms with Crippen molar-refractivity contribution in [3.8, 4) is 11.5 Å². The van der Waals surface area contributed by atoms with E-state index in [1.165, 1.54) is 25.3 Å². The molecule has 0 amide bonds. The second-order valence-corrected chi connectivity index (χ2v) is 4.87. The third kappa shape index (κ3) is 3.28. The van der Waals surface area contributed by atoms with E-state index in [9.17, 15) is 19.8 Å². The van der Waals surface area contributed by atoms with Gasteiger partial charge in [-0.15, -0.1) is 0 Å². The summed E-state index contributed by atoms with van der Waals surface area (Å²) in [7, 11) is 1.24. The van der Waals surface area contributed by atoms with Crippen LogP contribution >= 0.6 is 0 Å². The molecule has 1 aromatic carbocycles. The van der Waals surface area contributed by atoms with Crippen LogP contribution in [0, 0.1) is 6.92 Å². The quantitative estimate of drug-likeness (QED) is 0.839. The van der Waals surface area contributed by atoms with Crippen molar-refractivity contribution in [2.75, 3.05) is 7.11 Å². The van der Waals surface area contributed by atoms with Crippen molar-refractivity contribution in [1.82, 2.24) is 0 Å². The summed E-state index contributed by atoms with van der Waals surface area (Å²) < 4.78 is 9.66. The van der Waals surface area contributed by atoms with Crippen LogP contribution in [0.25, 0.3) is 0 Å². The Labute approximate surface area is 126 Å². The normalized spacial score (nSPS) is 11.9. The highest BCUT2D eigenvalue weighted by atomic mass is 16.5. The van der Waals surface area contributed by atoms with Gasteiger partial charge in [-0.25, -0.2) is 4.79 Å². The summed E-state index contributed by atoms with van der Waals surface area (Å²) >= 11 is 0. The van der Waals surface area contributed by atoms with Crippen molar-refractivity contribution in [2.45, 2.75) is 19.3 Å². The molecule has 22 heavy (non-hydrogen) atoms. The first-order valence-electron chi connectivity index (χ1n) is 6.61. The number of methoxy groups -OCH3 is 1. The average molecular weight is 304 g/mol. The van der Waals surface area contributed by atoms with Gasteiger partial charge in [-0.05, 0) is 24.6 Å². The number of hydrogen-bond donors (Lipinski definition) is 2. The van der Waals surface area contributed by atoms with Crippen LogP contribution in [0.3, 0.4) is 0 Å². The molecule has 0 saturated carbocycles. The van der Waals surface area contributed by atoms with E-state index in [1.807, 2.05) is 0 Å². The molecule has 116 valence electrons. The van der Waals surface area contributed by atoms with Gasteiger partial charge in [0.15, 0.2) is 0 Å². The fourth-order valence-corrected chi connectivity index (χ4v) is 2.27. The molecule has 0 bridgehead atoms. The number of esters is 1. The molecule has 0 aliphatic heterocycles. The number of rotatable bonds is 4. The lowest BCUT2D eigenvalue weighted by molar-refractivity contribution is -0.140. The molecule has 0 aliphatic rings. The number of carbonyl (C=O) groups is 1. The Balaban J connectivity index is 2.56. The van der Waals surface area contributed by atoms with Crippen molar-refractivity contribution in [3.05, 3.63) is 57.6 Å². The molecule has 6 nitrogen and oxygen atoms in total. The lowest BCUT2D eigenvalue weighted by Gasteiger charge is -2.17. The Bertz CT molecular complexity index is 729. The number of ether oxygens (including phenoxy) is 1. The van der Waals surface area contributed by atoms with E-state index in [1.54, 1.807) is 19.1 Å².